The summed E-state index contributed by atoms with van der Waals surface area (Å²) in [6.45, 7) is 16.8. The Labute approximate surface area is 268 Å². The summed E-state index contributed by atoms with van der Waals surface area (Å²) in [5.41, 5.74) is 8.30. The van der Waals surface area contributed by atoms with Crippen molar-refractivity contribution in [2.75, 3.05) is 38.1 Å². The maximum absolute atomic E-state index is 14.8. The first-order valence-corrected chi connectivity index (χ1v) is 20.6. The normalized spacial score (nSPS) is 15.5. The number of aryl methyl sites for hydroxylation is 3. The Morgan fingerprint density at radius 2 is 1.43 bits per heavy atom. The van der Waals surface area contributed by atoms with E-state index in [1.165, 1.54) is 27.8 Å². The van der Waals surface area contributed by atoms with E-state index in [1.54, 1.807) is 10.0 Å². The minimum atomic E-state index is -3.78. The van der Waals surface area contributed by atoms with Crippen LogP contribution in [0.5, 0.6) is 0 Å². The summed E-state index contributed by atoms with van der Waals surface area (Å²) in [6.07, 6.45) is 11.4. The summed E-state index contributed by atoms with van der Waals surface area (Å²) in [5.74, 6) is 0. The predicted molar refractivity (Wildman–Crippen MR) is 185 cm³/mol. The van der Waals surface area contributed by atoms with Gasteiger partial charge in [-0.05, 0) is 0 Å². The Morgan fingerprint density at radius 3 is 1.98 bits per heavy atom. The summed E-state index contributed by atoms with van der Waals surface area (Å²) in [5, 5.41) is 0.467. The van der Waals surface area contributed by atoms with Gasteiger partial charge >= 0.3 is 270 Å². The molecule has 4 rings (SSSR count). The molecule has 1 saturated heterocycles. The van der Waals surface area contributed by atoms with Gasteiger partial charge in [0, 0.05) is 0 Å². The quantitative estimate of drug-likeness (QED) is 0.157. The summed E-state index contributed by atoms with van der Waals surface area (Å²) in [6, 6.07) is 10.2. The molecular weight excluding hydrogens is 645 g/mol. The first kappa shape index (κ1) is 33.1. The van der Waals surface area contributed by atoms with Gasteiger partial charge in [-0.15, -0.1) is 0 Å². The average Bonchev–Trinajstić information content (AvgIpc) is 3.26. The van der Waals surface area contributed by atoms with E-state index in [0.29, 0.717) is 0 Å². The van der Waals surface area contributed by atoms with Crippen LogP contribution in [0, 0.1) is 6.92 Å². The monoisotopic (exact) mass is 699 g/mol. The van der Waals surface area contributed by atoms with Crippen molar-refractivity contribution in [2.45, 2.75) is 90.7 Å². The van der Waals surface area contributed by atoms with Crippen LogP contribution in [-0.4, -0.2) is 73.0 Å². The molecule has 0 amide bonds. The van der Waals surface area contributed by atoms with Gasteiger partial charge in [0.1, 0.15) is 0 Å². The van der Waals surface area contributed by atoms with Gasteiger partial charge in [-0.25, -0.2) is 0 Å². The Hall–Kier alpha value is -1.77. The van der Waals surface area contributed by atoms with Crippen molar-refractivity contribution < 1.29 is 8.42 Å². The van der Waals surface area contributed by atoms with Crippen LogP contribution in [0.25, 0.3) is 10.9 Å². The molecule has 0 spiro atoms. The second-order valence-electron chi connectivity index (χ2n) is 12.3. The van der Waals surface area contributed by atoms with E-state index in [0.717, 1.165) is 104 Å². The van der Waals surface area contributed by atoms with Crippen LogP contribution < -0.4 is 8.61 Å². The molecule has 1 aliphatic heterocycles. The number of likely N-dealkylation sites (N-methyl/N-ethyl adjacent to an activating group) is 1. The SMILES string of the molecule is C=CC(c1ccc(C)cc1)S(=O)(=O)n1[c]([SnH3])c(CCCC)c2c(CCCC)c(CCCC)c(N3CCN(C)CC3)cc21. The van der Waals surface area contributed by atoms with E-state index in [2.05, 4.69) is 50.3 Å². The third kappa shape index (κ3) is 6.81. The number of nitrogens with zero attached hydrogens (tertiary/aromatic N) is 3. The summed E-state index contributed by atoms with van der Waals surface area (Å²) in [7, 11) is -1.58. The standard InChI is InChI=1S/C35H50N3O2S.Sn.3H/c1-7-11-14-29-26-38(41(39,40)34(10-4)28-19-17-27(5)18-20-28)33-25-32(37-23-21-36(6)22-24-37)30(15-12-8-2)31(35(29)33)16-13-9-3;;;;/h10,17-20,25,34H,4,7-9,11-16,21-24H2,1-3,5-6H3;;;;. The van der Waals surface area contributed by atoms with Crippen molar-refractivity contribution in [3.8, 4) is 0 Å². The number of anilines is 1. The zero-order valence-corrected chi connectivity index (χ0v) is 33.5. The van der Waals surface area contributed by atoms with Crippen LogP contribution in [0.4, 0.5) is 5.69 Å². The molecule has 0 radical (unpaired) electrons. The molecule has 0 bridgehead atoms. The third-order valence-corrected chi connectivity index (χ3v) is 15.2. The zero-order chi connectivity index (χ0) is 30.4. The van der Waals surface area contributed by atoms with Crippen LogP contribution in [-0.2, 0) is 29.3 Å². The van der Waals surface area contributed by atoms with Gasteiger partial charge in [-0.2, -0.15) is 0 Å². The van der Waals surface area contributed by atoms with Gasteiger partial charge in [0.15, 0.2) is 0 Å². The molecule has 2 heterocycles. The van der Waals surface area contributed by atoms with E-state index >= 15 is 0 Å². The Bertz CT molecular complexity index is 1470. The van der Waals surface area contributed by atoms with Crippen molar-refractivity contribution in [1.82, 2.24) is 8.87 Å². The fourth-order valence-electron chi connectivity index (χ4n) is 6.61. The number of hydrogen-bond donors (Lipinski definition) is 0. The van der Waals surface area contributed by atoms with Crippen molar-refractivity contribution in [1.29, 1.82) is 0 Å². The summed E-state index contributed by atoms with van der Waals surface area (Å²) >= 11 is -0.0406. The van der Waals surface area contributed by atoms with Gasteiger partial charge in [-0.3, -0.25) is 0 Å². The number of rotatable bonds is 14. The van der Waals surface area contributed by atoms with Gasteiger partial charge < -0.3 is 0 Å². The number of benzene rings is 2. The van der Waals surface area contributed by atoms with E-state index in [4.69, 9.17) is 0 Å². The van der Waals surface area contributed by atoms with Gasteiger partial charge in [-0.1, -0.05) is 0 Å². The molecule has 2 aromatic carbocycles. The van der Waals surface area contributed by atoms with Crippen molar-refractivity contribution in [2.24, 2.45) is 0 Å². The molecular formula is C35H53N3O2SSn. The van der Waals surface area contributed by atoms with E-state index in [1.807, 2.05) is 31.2 Å². The topological polar surface area (TPSA) is 45.6 Å². The average molecular weight is 699 g/mol. The third-order valence-electron chi connectivity index (χ3n) is 9.15. The minimum absolute atomic E-state index is 0.0406. The van der Waals surface area contributed by atoms with E-state index in [-0.39, 0.29) is 22.5 Å². The molecule has 3 aromatic rings. The van der Waals surface area contributed by atoms with E-state index < -0.39 is 15.3 Å². The first-order chi connectivity index (χ1) is 20.2. The fraction of sp³-hybridized carbons (Fsp3) is 0.543. The molecule has 1 fully saturated rings. The molecule has 230 valence electrons. The van der Waals surface area contributed by atoms with Crippen molar-refractivity contribution in [3.63, 3.8) is 0 Å². The Balaban J connectivity index is 2.07. The molecule has 1 atom stereocenters. The number of hydrogen-bond acceptors (Lipinski definition) is 4. The van der Waals surface area contributed by atoms with Crippen LogP contribution in [0.2, 0.25) is 0 Å². The van der Waals surface area contributed by atoms with Crippen molar-refractivity contribution >= 4 is 52.8 Å². The van der Waals surface area contributed by atoms with Crippen LogP contribution in [0.1, 0.15) is 92.4 Å². The molecule has 1 unspecified atom stereocenters. The Kier molecular flexibility index (Phi) is 11.7. The number of unbranched alkanes of at least 4 members (excludes halogenated alkanes) is 3. The zero-order valence-electron chi connectivity index (χ0n) is 27.0. The molecule has 0 saturated carbocycles. The summed E-state index contributed by atoms with van der Waals surface area (Å²) < 4.78 is 32.5. The molecule has 5 nitrogen and oxygen atoms in total. The van der Waals surface area contributed by atoms with Crippen LogP contribution in [0.3, 0.4) is 0 Å². The number of aromatic nitrogens is 1. The predicted octanol–water partition coefficient (Wildman–Crippen LogP) is 5.83. The van der Waals surface area contributed by atoms with Gasteiger partial charge in [0.2, 0.25) is 0 Å². The van der Waals surface area contributed by atoms with Gasteiger partial charge in [0.05, 0.1) is 0 Å². The Morgan fingerprint density at radius 1 is 0.881 bits per heavy atom. The number of fused-ring (bicyclic) bond motifs is 1. The molecule has 0 N–H and O–H groups in total. The second kappa shape index (κ2) is 14.8. The molecule has 0 aliphatic carbocycles. The van der Waals surface area contributed by atoms with Crippen molar-refractivity contribution in [3.05, 3.63) is 70.8 Å². The number of piperazine rings is 1. The van der Waals surface area contributed by atoms with Gasteiger partial charge in [0.25, 0.3) is 0 Å². The molecule has 1 aromatic heterocycles. The second-order valence-corrected chi connectivity index (χ2v) is 16.9. The molecule has 42 heavy (non-hydrogen) atoms. The summed E-state index contributed by atoms with van der Waals surface area (Å²) in [4.78, 5) is 4.93. The fourth-order valence-corrected chi connectivity index (χ4v) is 12.8. The first-order valence-electron chi connectivity index (χ1n) is 16.2. The van der Waals surface area contributed by atoms with Crippen LogP contribution >= 0.6 is 0 Å². The molecule has 7 heteroatoms. The maximum atomic E-state index is 14.8. The molecule has 1 aliphatic rings. The van der Waals surface area contributed by atoms with E-state index in [9.17, 15) is 8.42 Å². The van der Waals surface area contributed by atoms with Crippen LogP contribution in [0.15, 0.2) is 43.0 Å².